The first kappa shape index (κ1) is 24.5. The van der Waals surface area contributed by atoms with E-state index in [4.69, 9.17) is 9.84 Å². The predicted octanol–water partition coefficient (Wildman–Crippen LogP) is 6.94. The molecule has 0 bridgehead atoms. The molecule has 1 atom stereocenters. The van der Waals surface area contributed by atoms with E-state index in [1.165, 1.54) is 34.9 Å². The summed E-state index contributed by atoms with van der Waals surface area (Å²) in [5.41, 5.74) is 2.37. The molecule has 1 amide bonds. The summed E-state index contributed by atoms with van der Waals surface area (Å²) in [5.74, 6) is 0.425. The number of hydrogen-bond donors (Lipinski definition) is 0. The van der Waals surface area contributed by atoms with Crippen molar-refractivity contribution in [2.45, 2.75) is 4.33 Å². The molecule has 4 aromatic rings. The number of hydrazone groups is 1. The van der Waals surface area contributed by atoms with Gasteiger partial charge < -0.3 is 4.74 Å². The molecule has 1 aromatic heterocycles. The second kappa shape index (κ2) is 10.2. The van der Waals surface area contributed by atoms with Crippen LogP contribution in [0.15, 0.2) is 112 Å². The van der Waals surface area contributed by atoms with Gasteiger partial charge in [0.1, 0.15) is 5.75 Å². The van der Waals surface area contributed by atoms with Crippen LogP contribution in [0.4, 0.5) is 11.4 Å². The predicted molar refractivity (Wildman–Crippen MR) is 158 cm³/mol. The molecular formula is C29H21N3O3S3. The highest BCUT2D eigenvalue weighted by atomic mass is 32.2. The summed E-state index contributed by atoms with van der Waals surface area (Å²) in [6.07, 6.45) is 1.87. The van der Waals surface area contributed by atoms with E-state index in [9.17, 15) is 9.59 Å². The summed E-state index contributed by atoms with van der Waals surface area (Å²) in [7, 11) is 1.62. The zero-order valence-electron chi connectivity index (χ0n) is 20.2. The number of nitrogens with zero attached hydrogens (tertiary/aromatic N) is 3. The van der Waals surface area contributed by atoms with Crippen molar-refractivity contribution in [1.82, 2.24) is 0 Å². The number of anilines is 2. The van der Waals surface area contributed by atoms with Crippen molar-refractivity contribution >= 4 is 69.0 Å². The van der Waals surface area contributed by atoms with Gasteiger partial charge in [0.2, 0.25) is 10.1 Å². The Balaban J connectivity index is 1.49. The number of amides is 1. The Morgan fingerprint density at radius 3 is 2.18 bits per heavy atom. The number of Topliss-reactive ketones (excluding diaryl/α,β-unsaturated/α-hetero) is 1. The maximum Gasteiger partial charge on any atom is 0.268 e. The molecule has 1 fully saturated rings. The lowest BCUT2D eigenvalue weighted by Crippen LogP contribution is -2.51. The van der Waals surface area contributed by atoms with Gasteiger partial charge >= 0.3 is 0 Å². The number of hydrogen-bond acceptors (Lipinski definition) is 8. The molecule has 188 valence electrons. The van der Waals surface area contributed by atoms with Crippen LogP contribution in [0.1, 0.15) is 15.2 Å². The molecule has 2 aliphatic rings. The Hall–Kier alpha value is -3.79. The van der Waals surface area contributed by atoms with Gasteiger partial charge in [-0.1, -0.05) is 66.4 Å². The number of methoxy groups -OCH3 is 1. The molecular weight excluding hydrogens is 535 g/mol. The quantitative estimate of drug-likeness (QED) is 0.190. The highest BCUT2D eigenvalue weighted by Crippen LogP contribution is 2.59. The Labute approximate surface area is 232 Å². The highest BCUT2D eigenvalue weighted by Gasteiger charge is 2.60. The van der Waals surface area contributed by atoms with Crippen LogP contribution in [0.5, 0.6) is 5.75 Å². The van der Waals surface area contributed by atoms with Gasteiger partial charge in [0.25, 0.3) is 5.91 Å². The maximum atomic E-state index is 14.1. The lowest BCUT2D eigenvalue weighted by molar-refractivity contribution is -0.114. The second-order valence-corrected chi connectivity index (χ2v) is 11.9. The number of carbonyl (C=O) groups is 2. The number of ketones is 1. The molecule has 6 rings (SSSR count). The Morgan fingerprint density at radius 2 is 1.55 bits per heavy atom. The normalized spacial score (nSPS) is 19.9. The molecule has 1 spiro atoms. The average molecular weight is 556 g/mol. The molecule has 2 aliphatic heterocycles. The lowest BCUT2D eigenvalue weighted by atomic mass is 10.2. The van der Waals surface area contributed by atoms with Crippen LogP contribution in [-0.2, 0) is 4.79 Å². The summed E-state index contributed by atoms with van der Waals surface area (Å²) < 4.78 is 4.21. The topological polar surface area (TPSA) is 62.2 Å². The number of thiophene rings is 1. The fraction of sp³-hybridized carbons (Fsp3) is 0.0690. The van der Waals surface area contributed by atoms with E-state index in [0.717, 1.165) is 22.7 Å². The lowest BCUT2D eigenvalue weighted by Gasteiger charge is -2.38. The third-order valence-corrected chi connectivity index (χ3v) is 9.58. The molecule has 9 heteroatoms. The summed E-state index contributed by atoms with van der Waals surface area (Å²) >= 11 is 4.06. The van der Waals surface area contributed by atoms with Crippen molar-refractivity contribution in [1.29, 1.82) is 0 Å². The minimum Gasteiger partial charge on any atom is -0.497 e. The summed E-state index contributed by atoms with van der Waals surface area (Å²) in [5, 5.41) is 8.84. The van der Waals surface area contributed by atoms with Gasteiger partial charge in [0, 0.05) is 5.69 Å². The van der Waals surface area contributed by atoms with Crippen LogP contribution in [-0.4, -0.2) is 28.2 Å². The van der Waals surface area contributed by atoms with Crippen molar-refractivity contribution < 1.29 is 14.3 Å². The van der Waals surface area contributed by atoms with Gasteiger partial charge in [-0.25, -0.2) is 5.01 Å². The number of thioether (sulfide) groups is 2. The first-order valence-electron chi connectivity index (χ1n) is 11.7. The third-order valence-electron chi connectivity index (χ3n) is 6.00. The third kappa shape index (κ3) is 4.32. The van der Waals surface area contributed by atoms with Crippen LogP contribution in [0.25, 0.3) is 6.08 Å². The molecule has 6 nitrogen and oxygen atoms in total. The molecule has 1 saturated heterocycles. The fourth-order valence-electron chi connectivity index (χ4n) is 4.21. The molecule has 0 N–H and O–H groups in total. The van der Waals surface area contributed by atoms with E-state index in [-0.39, 0.29) is 11.7 Å². The SMILES string of the molecule is COc1ccc(/C=C2\S[C@]3(SC(C(=O)c4cccs4)=NN3c3ccccc3)N(c3ccccc3)C2=O)cc1. The molecule has 0 saturated carbocycles. The van der Waals surface area contributed by atoms with E-state index in [0.29, 0.717) is 14.8 Å². The molecule has 0 radical (unpaired) electrons. The Kier molecular flexibility index (Phi) is 6.57. The average Bonchev–Trinajstić information content (AvgIpc) is 3.69. The maximum absolute atomic E-state index is 14.1. The monoisotopic (exact) mass is 555 g/mol. The van der Waals surface area contributed by atoms with E-state index >= 15 is 0 Å². The molecule has 38 heavy (non-hydrogen) atoms. The second-order valence-electron chi connectivity index (χ2n) is 8.37. The van der Waals surface area contributed by atoms with E-state index in [1.807, 2.05) is 102 Å². The minimum atomic E-state index is -1.07. The molecule has 3 aromatic carbocycles. The first-order valence-corrected chi connectivity index (χ1v) is 14.3. The zero-order chi connectivity index (χ0) is 26.1. The number of rotatable bonds is 6. The minimum absolute atomic E-state index is 0.156. The van der Waals surface area contributed by atoms with Crippen molar-refractivity contribution in [2.24, 2.45) is 5.10 Å². The number of ether oxygens (including phenoxy) is 1. The van der Waals surface area contributed by atoms with Gasteiger partial charge in [-0.3, -0.25) is 14.5 Å². The summed E-state index contributed by atoms with van der Waals surface area (Å²) in [4.78, 5) is 30.5. The summed E-state index contributed by atoms with van der Waals surface area (Å²) in [6, 6.07) is 30.4. The van der Waals surface area contributed by atoms with Crippen LogP contribution in [0.2, 0.25) is 0 Å². The Morgan fingerprint density at radius 1 is 0.868 bits per heavy atom. The summed E-state index contributed by atoms with van der Waals surface area (Å²) in [6.45, 7) is 0. The zero-order valence-corrected chi connectivity index (χ0v) is 22.6. The Bertz CT molecular complexity index is 1540. The first-order chi connectivity index (χ1) is 18.6. The highest BCUT2D eigenvalue weighted by molar-refractivity contribution is 8.29. The van der Waals surface area contributed by atoms with E-state index in [1.54, 1.807) is 23.1 Å². The van der Waals surface area contributed by atoms with Gasteiger partial charge in [0.05, 0.1) is 22.6 Å². The number of carbonyl (C=O) groups excluding carboxylic acids is 2. The smallest absolute Gasteiger partial charge is 0.268 e. The van der Waals surface area contributed by atoms with E-state index in [2.05, 4.69) is 0 Å². The number of para-hydroxylation sites is 2. The van der Waals surface area contributed by atoms with E-state index < -0.39 is 4.33 Å². The van der Waals surface area contributed by atoms with Crippen LogP contribution in [0, 0.1) is 0 Å². The molecule has 3 heterocycles. The largest absolute Gasteiger partial charge is 0.497 e. The number of benzene rings is 3. The van der Waals surface area contributed by atoms with Gasteiger partial charge in [-0.2, -0.15) is 5.10 Å². The standard InChI is InChI=1S/C29H21N3O3S3/c1-35-23-16-14-20(15-17-23)19-25-28(34)31(21-9-4-2-5-10-21)29(37-25)32(22-11-6-3-7-12-22)30-27(38-29)26(33)24-13-8-18-36-24/h2-19H,1H3/b25-19-/t29-/m0/s1. The van der Waals surface area contributed by atoms with Gasteiger partial charge in [-0.05, 0) is 71.2 Å². The molecule has 0 unspecified atom stereocenters. The van der Waals surface area contributed by atoms with Crippen LogP contribution >= 0.6 is 34.9 Å². The van der Waals surface area contributed by atoms with Crippen LogP contribution < -0.4 is 14.6 Å². The van der Waals surface area contributed by atoms with Crippen molar-refractivity contribution in [2.75, 3.05) is 17.0 Å². The van der Waals surface area contributed by atoms with Crippen molar-refractivity contribution in [3.8, 4) is 5.75 Å². The van der Waals surface area contributed by atoms with Gasteiger partial charge in [0.15, 0.2) is 5.04 Å². The molecule has 0 aliphatic carbocycles. The van der Waals surface area contributed by atoms with Crippen molar-refractivity contribution in [3.63, 3.8) is 0 Å². The van der Waals surface area contributed by atoms with Gasteiger partial charge in [-0.15, -0.1) is 11.3 Å². The fourth-order valence-corrected chi connectivity index (χ4v) is 7.88. The van der Waals surface area contributed by atoms with Crippen molar-refractivity contribution in [3.05, 3.63) is 118 Å². The van der Waals surface area contributed by atoms with Crippen LogP contribution in [0.3, 0.4) is 0 Å².